The van der Waals surface area contributed by atoms with E-state index >= 15 is 0 Å². The molecule has 0 bridgehead atoms. The van der Waals surface area contributed by atoms with E-state index in [-0.39, 0.29) is 0 Å². The molecule has 3 heteroatoms. The summed E-state index contributed by atoms with van der Waals surface area (Å²) in [4.78, 5) is 0. The second-order valence-electron chi connectivity index (χ2n) is 4.17. The highest BCUT2D eigenvalue weighted by atomic mass is 79.9. The normalized spacial score (nSPS) is 30.7. The molecule has 2 atom stereocenters. The van der Waals surface area contributed by atoms with Crippen molar-refractivity contribution in [2.75, 3.05) is 5.75 Å². The van der Waals surface area contributed by atoms with Crippen LogP contribution in [0.4, 0.5) is 0 Å². The lowest BCUT2D eigenvalue weighted by molar-refractivity contribution is 0.0464. The Bertz CT molecular complexity index is 338. The Kier molecular flexibility index (Phi) is 3.43. The quantitative estimate of drug-likeness (QED) is 0.901. The van der Waals surface area contributed by atoms with Crippen LogP contribution < -0.4 is 0 Å². The van der Waals surface area contributed by atoms with Crippen molar-refractivity contribution in [3.05, 3.63) is 34.3 Å². The fourth-order valence-electron chi connectivity index (χ4n) is 1.96. The second kappa shape index (κ2) is 4.48. The van der Waals surface area contributed by atoms with E-state index in [1.54, 1.807) is 0 Å². The molecule has 0 aliphatic carbocycles. The molecule has 0 radical (unpaired) electrons. The Morgan fingerprint density at radius 2 is 2.13 bits per heavy atom. The summed E-state index contributed by atoms with van der Waals surface area (Å²) in [7, 11) is 0. The van der Waals surface area contributed by atoms with Gasteiger partial charge in [-0.05, 0) is 29.9 Å². The van der Waals surface area contributed by atoms with Gasteiger partial charge < -0.3 is 5.11 Å². The number of benzene rings is 1. The van der Waals surface area contributed by atoms with E-state index in [4.69, 9.17) is 0 Å². The number of hydrogen-bond acceptors (Lipinski definition) is 2. The molecule has 82 valence electrons. The van der Waals surface area contributed by atoms with Crippen LogP contribution in [0.3, 0.4) is 0 Å². The maximum Gasteiger partial charge on any atom is 0.0811 e. The van der Waals surface area contributed by atoms with E-state index in [1.807, 2.05) is 23.9 Å². The lowest BCUT2D eigenvalue weighted by Gasteiger charge is -2.26. The lowest BCUT2D eigenvalue weighted by atomic mass is 9.89. The van der Waals surface area contributed by atoms with E-state index in [2.05, 4.69) is 35.0 Å². The lowest BCUT2D eigenvalue weighted by Crippen LogP contribution is -2.36. The van der Waals surface area contributed by atoms with Crippen molar-refractivity contribution in [3.8, 4) is 0 Å². The van der Waals surface area contributed by atoms with Crippen LogP contribution in [0.15, 0.2) is 28.7 Å². The summed E-state index contributed by atoms with van der Waals surface area (Å²) in [5.74, 6) is 1.08. The zero-order valence-electron chi connectivity index (χ0n) is 8.74. The monoisotopic (exact) mass is 286 g/mol. The Hall–Kier alpha value is 0.01000. The topological polar surface area (TPSA) is 20.2 Å². The highest BCUT2D eigenvalue weighted by Gasteiger charge is 2.38. The van der Waals surface area contributed by atoms with Gasteiger partial charge in [-0.1, -0.05) is 35.0 Å². The minimum Gasteiger partial charge on any atom is -0.388 e. The van der Waals surface area contributed by atoms with E-state index in [9.17, 15) is 5.11 Å². The Labute approximate surface area is 103 Å². The molecular formula is C12H15BrOS. The molecule has 1 aliphatic rings. The molecule has 1 N–H and O–H groups in total. The van der Waals surface area contributed by atoms with Crippen LogP contribution in [-0.2, 0) is 6.42 Å². The van der Waals surface area contributed by atoms with Gasteiger partial charge in [0.2, 0.25) is 0 Å². The Morgan fingerprint density at radius 1 is 1.47 bits per heavy atom. The predicted molar refractivity (Wildman–Crippen MR) is 69.3 cm³/mol. The zero-order chi connectivity index (χ0) is 10.9. The zero-order valence-corrected chi connectivity index (χ0v) is 11.1. The number of halogens is 1. The number of hydrogen-bond donors (Lipinski definition) is 1. The molecule has 2 rings (SSSR count). The average molecular weight is 287 g/mol. The average Bonchev–Trinajstić information content (AvgIpc) is 2.51. The van der Waals surface area contributed by atoms with Crippen LogP contribution in [0.5, 0.6) is 0 Å². The number of aliphatic hydroxyl groups is 1. The van der Waals surface area contributed by atoms with Gasteiger partial charge in [-0.3, -0.25) is 0 Å². The molecule has 0 saturated carbocycles. The van der Waals surface area contributed by atoms with Crippen LogP contribution in [0, 0.1) is 0 Å². The van der Waals surface area contributed by atoms with Gasteiger partial charge in [0.1, 0.15) is 0 Å². The Morgan fingerprint density at radius 3 is 2.67 bits per heavy atom. The van der Waals surface area contributed by atoms with Crippen molar-refractivity contribution < 1.29 is 5.11 Å². The third-order valence-electron chi connectivity index (χ3n) is 3.08. The van der Waals surface area contributed by atoms with Crippen molar-refractivity contribution >= 4 is 27.7 Å². The summed E-state index contributed by atoms with van der Waals surface area (Å²) in [5, 5.41) is 10.8. The summed E-state index contributed by atoms with van der Waals surface area (Å²) in [6, 6.07) is 8.23. The molecule has 0 spiro atoms. The van der Waals surface area contributed by atoms with Crippen molar-refractivity contribution in [3.63, 3.8) is 0 Å². The molecule has 15 heavy (non-hydrogen) atoms. The molecule has 1 aromatic carbocycles. The molecule has 2 unspecified atom stereocenters. The first-order valence-corrected chi connectivity index (χ1v) is 7.03. The fourth-order valence-corrected chi connectivity index (χ4v) is 3.56. The molecular weight excluding hydrogens is 272 g/mol. The van der Waals surface area contributed by atoms with E-state index in [0.717, 1.165) is 23.1 Å². The van der Waals surface area contributed by atoms with Crippen LogP contribution in [0.2, 0.25) is 0 Å². The van der Waals surface area contributed by atoms with Gasteiger partial charge in [0.25, 0.3) is 0 Å². The van der Waals surface area contributed by atoms with Gasteiger partial charge in [-0.2, -0.15) is 11.8 Å². The molecule has 1 heterocycles. The summed E-state index contributed by atoms with van der Waals surface area (Å²) in [6.45, 7) is 2.12. The SMILES string of the molecule is CC1SCCC1(O)Cc1ccc(Br)cc1. The fraction of sp³-hybridized carbons (Fsp3) is 0.500. The van der Waals surface area contributed by atoms with Crippen molar-refractivity contribution in [2.45, 2.75) is 30.6 Å². The molecule has 1 aromatic rings. The summed E-state index contributed by atoms with van der Waals surface area (Å²) in [5.41, 5.74) is 0.716. The van der Waals surface area contributed by atoms with Gasteiger partial charge in [-0.25, -0.2) is 0 Å². The van der Waals surface area contributed by atoms with E-state index < -0.39 is 5.60 Å². The summed E-state index contributed by atoms with van der Waals surface area (Å²) >= 11 is 5.28. The van der Waals surface area contributed by atoms with Gasteiger partial charge in [0.05, 0.1) is 5.60 Å². The van der Waals surface area contributed by atoms with Crippen molar-refractivity contribution in [1.29, 1.82) is 0 Å². The number of rotatable bonds is 2. The van der Waals surface area contributed by atoms with Gasteiger partial charge in [0.15, 0.2) is 0 Å². The Balaban J connectivity index is 2.11. The molecule has 1 saturated heterocycles. The summed E-state index contributed by atoms with van der Waals surface area (Å²) in [6.07, 6.45) is 1.68. The van der Waals surface area contributed by atoms with Gasteiger partial charge in [0, 0.05) is 16.1 Å². The molecule has 1 aliphatic heterocycles. The first-order chi connectivity index (χ1) is 7.10. The predicted octanol–water partition coefficient (Wildman–Crippen LogP) is 3.25. The smallest absolute Gasteiger partial charge is 0.0811 e. The van der Waals surface area contributed by atoms with Gasteiger partial charge >= 0.3 is 0 Å². The van der Waals surface area contributed by atoms with Crippen LogP contribution in [0.25, 0.3) is 0 Å². The van der Waals surface area contributed by atoms with Gasteiger partial charge in [-0.15, -0.1) is 0 Å². The second-order valence-corrected chi connectivity index (χ2v) is 6.53. The maximum atomic E-state index is 10.4. The van der Waals surface area contributed by atoms with Crippen molar-refractivity contribution in [1.82, 2.24) is 0 Å². The molecule has 0 aromatic heterocycles. The summed E-state index contributed by atoms with van der Waals surface area (Å²) < 4.78 is 1.09. The third-order valence-corrected chi connectivity index (χ3v) is 4.99. The van der Waals surface area contributed by atoms with Crippen LogP contribution in [-0.4, -0.2) is 21.7 Å². The molecule has 1 nitrogen and oxygen atoms in total. The largest absolute Gasteiger partial charge is 0.388 e. The minimum atomic E-state index is -0.501. The molecule has 1 fully saturated rings. The number of thioether (sulfide) groups is 1. The third kappa shape index (κ3) is 2.58. The highest BCUT2D eigenvalue weighted by molar-refractivity contribution is 9.10. The van der Waals surface area contributed by atoms with E-state index in [1.165, 1.54) is 5.56 Å². The maximum absolute atomic E-state index is 10.4. The first-order valence-electron chi connectivity index (χ1n) is 5.19. The minimum absolute atomic E-state index is 0.348. The highest BCUT2D eigenvalue weighted by Crippen LogP contribution is 2.37. The van der Waals surface area contributed by atoms with E-state index in [0.29, 0.717) is 5.25 Å². The van der Waals surface area contributed by atoms with Crippen molar-refractivity contribution in [2.24, 2.45) is 0 Å². The molecule has 0 amide bonds. The first kappa shape index (κ1) is 11.5. The van der Waals surface area contributed by atoms with Crippen LogP contribution >= 0.6 is 27.7 Å². The van der Waals surface area contributed by atoms with Crippen LogP contribution in [0.1, 0.15) is 18.9 Å². The standard InChI is InChI=1S/C12H15BrOS/c1-9-12(14,6-7-15-9)8-10-2-4-11(13)5-3-10/h2-5,9,14H,6-8H2,1H3.